The molecule has 1 amide bonds. The maximum Gasteiger partial charge on any atom is 0.310 e. The van der Waals surface area contributed by atoms with E-state index in [0.717, 1.165) is 0 Å². The van der Waals surface area contributed by atoms with Crippen LogP contribution in [0.3, 0.4) is 0 Å². The Kier molecular flexibility index (Phi) is 5.24. The molecule has 0 aliphatic rings. The highest BCUT2D eigenvalue weighted by atomic mass is 16.6. The second-order valence-electron chi connectivity index (χ2n) is 4.40. The first-order chi connectivity index (χ1) is 11.1. The van der Waals surface area contributed by atoms with E-state index in [4.69, 9.17) is 4.74 Å². The Balaban J connectivity index is 1.87. The highest BCUT2D eigenvalue weighted by Gasteiger charge is 2.14. The van der Waals surface area contributed by atoms with Crippen molar-refractivity contribution in [2.45, 2.75) is 0 Å². The van der Waals surface area contributed by atoms with Crippen LogP contribution >= 0.6 is 0 Å². The normalized spacial score (nSPS) is 10.4. The standard InChI is InChI=1S/C15H13N3O5/c19-12-5-3-4-11(8-12)9-16-17-15(20)10-23-14-7-2-1-6-13(14)18(21)22/h1-9,19H,10H2,(H,17,20)/b16-9+. The van der Waals surface area contributed by atoms with Gasteiger partial charge in [-0.3, -0.25) is 14.9 Å². The van der Waals surface area contributed by atoms with E-state index >= 15 is 0 Å². The van der Waals surface area contributed by atoms with Gasteiger partial charge in [0, 0.05) is 6.07 Å². The lowest BCUT2D eigenvalue weighted by Crippen LogP contribution is -2.24. The highest BCUT2D eigenvalue weighted by Crippen LogP contribution is 2.25. The van der Waals surface area contributed by atoms with E-state index in [-0.39, 0.29) is 17.2 Å². The minimum atomic E-state index is -0.590. The van der Waals surface area contributed by atoms with Crippen LogP contribution in [0.4, 0.5) is 5.69 Å². The van der Waals surface area contributed by atoms with Gasteiger partial charge in [-0.25, -0.2) is 5.43 Å². The van der Waals surface area contributed by atoms with Crippen LogP contribution in [0.5, 0.6) is 11.5 Å². The number of ether oxygens (including phenoxy) is 1. The monoisotopic (exact) mass is 315 g/mol. The van der Waals surface area contributed by atoms with Gasteiger partial charge in [0.05, 0.1) is 11.1 Å². The quantitative estimate of drug-likeness (QED) is 0.479. The molecule has 8 heteroatoms. The second-order valence-corrected chi connectivity index (χ2v) is 4.40. The SMILES string of the molecule is O=C(COc1ccccc1[N+](=O)[O-])N/N=C/c1cccc(O)c1. The molecular weight excluding hydrogens is 302 g/mol. The molecule has 8 nitrogen and oxygen atoms in total. The van der Waals surface area contributed by atoms with Crippen LogP contribution < -0.4 is 10.2 Å². The molecule has 0 spiro atoms. The molecule has 0 atom stereocenters. The van der Waals surface area contributed by atoms with Gasteiger partial charge in [-0.05, 0) is 23.8 Å². The number of benzene rings is 2. The minimum Gasteiger partial charge on any atom is -0.508 e. The number of hydrazone groups is 1. The summed E-state index contributed by atoms with van der Waals surface area (Å²) in [5.41, 5.74) is 2.61. The van der Waals surface area contributed by atoms with Gasteiger partial charge < -0.3 is 9.84 Å². The van der Waals surface area contributed by atoms with Crippen molar-refractivity contribution in [3.63, 3.8) is 0 Å². The molecule has 0 saturated heterocycles. The lowest BCUT2D eigenvalue weighted by Gasteiger charge is -2.05. The van der Waals surface area contributed by atoms with Crippen molar-refractivity contribution in [3.8, 4) is 11.5 Å². The molecule has 0 aliphatic carbocycles. The Hall–Kier alpha value is -3.42. The smallest absolute Gasteiger partial charge is 0.310 e. The second kappa shape index (κ2) is 7.55. The van der Waals surface area contributed by atoms with Crippen LogP contribution in [0.1, 0.15) is 5.56 Å². The van der Waals surface area contributed by atoms with Gasteiger partial charge in [0.15, 0.2) is 12.4 Å². The number of phenols is 1. The van der Waals surface area contributed by atoms with Crippen LogP contribution in [0.2, 0.25) is 0 Å². The zero-order chi connectivity index (χ0) is 16.7. The number of carbonyl (C=O) groups is 1. The number of nitrogens with one attached hydrogen (secondary N) is 1. The van der Waals surface area contributed by atoms with Crippen molar-refractivity contribution in [3.05, 3.63) is 64.2 Å². The average molecular weight is 315 g/mol. The number of nitro groups is 1. The van der Waals surface area contributed by atoms with E-state index in [1.807, 2.05) is 0 Å². The first kappa shape index (κ1) is 16.0. The molecule has 0 bridgehead atoms. The van der Waals surface area contributed by atoms with E-state index in [0.29, 0.717) is 5.56 Å². The molecular formula is C15H13N3O5. The molecule has 118 valence electrons. The summed E-state index contributed by atoms with van der Waals surface area (Å²) >= 11 is 0. The van der Waals surface area contributed by atoms with E-state index in [2.05, 4.69) is 10.5 Å². The fraction of sp³-hybridized carbons (Fsp3) is 0.0667. The molecule has 0 fully saturated rings. The average Bonchev–Trinajstić information content (AvgIpc) is 2.53. The van der Waals surface area contributed by atoms with Crippen LogP contribution in [0.25, 0.3) is 0 Å². The van der Waals surface area contributed by atoms with Crippen molar-refractivity contribution >= 4 is 17.8 Å². The van der Waals surface area contributed by atoms with Crippen LogP contribution in [0.15, 0.2) is 53.6 Å². The predicted octanol–water partition coefficient (Wildman–Crippen LogP) is 1.83. The Labute approximate surface area is 131 Å². The molecule has 0 heterocycles. The number of nitro benzene ring substituents is 1. The van der Waals surface area contributed by atoms with Crippen molar-refractivity contribution in [2.24, 2.45) is 5.10 Å². The zero-order valence-corrected chi connectivity index (χ0v) is 11.9. The molecule has 23 heavy (non-hydrogen) atoms. The van der Waals surface area contributed by atoms with Crippen molar-refractivity contribution in [2.75, 3.05) is 6.61 Å². The first-order valence-corrected chi connectivity index (χ1v) is 6.53. The topological polar surface area (TPSA) is 114 Å². The van der Waals surface area contributed by atoms with E-state index in [1.54, 1.807) is 18.2 Å². The van der Waals surface area contributed by atoms with E-state index in [9.17, 15) is 20.0 Å². The largest absolute Gasteiger partial charge is 0.508 e. The molecule has 0 radical (unpaired) electrons. The van der Waals surface area contributed by atoms with E-state index < -0.39 is 17.4 Å². The fourth-order valence-corrected chi connectivity index (χ4v) is 1.69. The van der Waals surface area contributed by atoms with Gasteiger partial charge in [0.25, 0.3) is 5.91 Å². The van der Waals surface area contributed by atoms with Crippen molar-refractivity contribution in [1.82, 2.24) is 5.43 Å². The summed E-state index contributed by atoms with van der Waals surface area (Å²) in [5.74, 6) is -0.482. The van der Waals surface area contributed by atoms with Crippen LogP contribution in [-0.4, -0.2) is 28.8 Å². The third kappa shape index (κ3) is 4.81. The number of hydrogen-bond acceptors (Lipinski definition) is 6. The fourth-order valence-electron chi connectivity index (χ4n) is 1.69. The molecule has 0 saturated carbocycles. The Morgan fingerprint density at radius 3 is 2.83 bits per heavy atom. The van der Waals surface area contributed by atoms with Crippen molar-refractivity contribution in [1.29, 1.82) is 0 Å². The summed E-state index contributed by atoms with van der Waals surface area (Å²) in [6.07, 6.45) is 1.35. The van der Waals surface area contributed by atoms with Crippen LogP contribution in [-0.2, 0) is 4.79 Å². The van der Waals surface area contributed by atoms with Gasteiger partial charge in [0.1, 0.15) is 5.75 Å². The molecule has 2 N–H and O–H groups in total. The van der Waals surface area contributed by atoms with Crippen LogP contribution in [0, 0.1) is 10.1 Å². The third-order valence-corrected chi connectivity index (χ3v) is 2.69. The summed E-state index contributed by atoms with van der Waals surface area (Å²) < 4.78 is 5.11. The number of amides is 1. The number of hydrogen-bond donors (Lipinski definition) is 2. The summed E-state index contributed by atoms with van der Waals surface area (Å²) in [7, 11) is 0. The summed E-state index contributed by atoms with van der Waals surface area (Å²) in [6, 6.07) is 12.1. The Bertz CT molecular complexity index is 745. The molecule has 0 aromatic heterocycles. The number of aromatic hydroxyl groups is 1. The van der Waals surface area contributed by atoms with Crippen molar-refractivity contribution < 1.29 is 19.6 Å². The highest BCUT2D eigenvalue weighted by molar-refractivity contribution is 5.83. The number of para-hydroxylation sites is 2. The summed E-state index contributed by atoms with van der Waals surface area (Å²) in [4.78, 5) is 21.8. The molecule has 0 unspecified atom stereocenters. The summed E-state index contributed by atoms with van der Waals surface area (Å²) in [5, 5.41) is 23.8. The zero-order valence-electron chi connectivity index (χ0n) is 11.9. The molecule has 2 aromatic carbocycles. The van der Waals surface area contributed by atoms with Gasteiger partial charge in [-0.15, -0.1) is 0 Å². The Morgan fingerprint density at radius 2 is 2.09 bits per heavy atom. The Morgan fingerprint density at radius 1 is 1.30 bits per heavy atom. The third-order valence-electron chi connectivity index (χ3n) is 2.69. The summed E-state index contributed by atoms with van der Waals surface area (Å²) in [6.45, 7) is -0.414. The number of nitrogens with zero attached hydrogens (tertiary/aromatic N) is 2. The minimum absolute atomic E-state index is 0.00427. The molecule has 2 aromatic rings. The lowest BCUT2D eigenvalue weighted by molar-refractivity contribution is -0.385. The molecule has 2 rings (SSSR count). The first-order valence-electron chi connectivity index (χ1n) is 6.53. The number of rotatable bonds is 6. The number of phenolic OH excluding ortho intramolecular Hbond substituents is 1. The van der Waals surface area contributed by atoms with Gasteiger partial charge >= 0.3 is 5.69 Å². The van der Waals surface area contributed by atoms with Gasteiger partial charge in [-0.2, -0.15) is 5.10 Å². The number of carbonyl (C=O) groups excluding carboxylic acids is 1. The maximum atomic E-state index is 11.6. The molecule has 0 aliphatic heterocycles. The van der Waals surface area contributed by atoms with E-state index in [1.165, 1.54) is 36.5 Å². The predicted molar refractivity (Wildman–Crippen MR) is 82.4 cm³/mol. The maximum absolute atomic E-state index is 11.6. The van der Waals surface area contributed by atoms with Gasteiger partial charge in [0.2, 0.25) is 0 Å². The van der Waals surface area contributed by atoms with Gasteiger partial charge in [-0.1, -0.05) is 24.3 Å². The lowest BCUT2D eigenvalue weighted by atomic mass is 10.2.